The van der Waals surface area contributed by atoms with Gasteiger partial charge in [-0.2, -0.15) is 0 Å². The minimum atomic E-state index is -0.350. The van der Waals surface area contributed by atoms with Crippen LogP contribution in [-0.2, 0) is 11.3 Å². The van der Waals surface area contributed by atoms with E-state index in [-0.39, 0.29) is 17.4 Å². The largest absolute Gasteiger partial charge is 0.466 e. The first kappa shape index (κ1) is 13.8. The molecule has 4 nitrogen and oxygen atoms in total. The van der Waals surface area contributed by atoms with Crippen LogP contribution in [0, 0.1) is 19.3 Å². The molecule has 0 fully saturated rings. The fourth-order valence-electron chi connectivity index (χ4n) is 1.90. The number of hydrogen-bond acceptors (Lipinski definition) is 3. The van der Waals surface area contributed by atoms with Crippen LogP contribution >= 0.6 is 0 Å². The number of nitrogens with two attached hydrogens (primary N) is 1. The summed E-state index contributed by atoms with van der Waals surface area (Å²) < 4.78 is 5.44. The molecule has 0 bridgehead atoms. The Hall–Kier alpha value is -1.29. The zero-order valence-corrected chi connectivity index (χ0v) is 11.3. The van der Waals surface area contributed by atoms with Gasteiger partial charge in [0.2, 0.25) is 5.91 Å². The number of aryl methyl sites for hydroxylation is 2. The van der Waals surface area contributed by atoms with Gasteiger partial charge in [0, 0.05) is 12.1 Å². The number of primary amides is 1. The lowest BCUT2D eigenvalue weighted by molar-refractivity contribution is -0.122. The van der Waals surface area contributed by atoms with E-state index in [0.717, 1.165) is 17.1 Å². The van der Waals surface area contributed by atoms with Crippen LogP contribution in [-0.4, -0.2) is 11.9 Å². The minimum Gasteiger partial charge on any atom is -0.466 e. The van der Waals surface area contributed by atoms with Gasteiger partial charge in [0.1, 0.15) is 11.5 Å². The van der Waals surface area contributed by atoms with Crippen molar-refractivity contribution >= 4 is 5.91 Å². The highest BCUT2D eigenvalue weighted by molar-refractivity contribution is 5.80. The maximum atomic E-state index is 11.4. The van der Waals surface area contributed by atoms with Gasteiger partial charge in [0.15, 0.2) is 0 Å². The standard InChI is InChI=1S/C13H22N2O2/c1-8-6-10(9(2)17-8)7-15-11(12(14)16)13(3,4)5/h6,11,15H,7H2,1-5H3,(H2,14,16)/t11-/m0/s1. The van der Waals surface area contributed by atoms with E-state index in [4.69, 9.17) is 10.2 Å². The van der Waals surface area contributed by atoms with Crippen molar-refractivity contribution in [2.45, 2.75) is 47.2 Å². The second-order valence-electron chi connectivity index (χ2n) is 5.52. The molecule has 0 aliphatic rings. The Morgan fingerprint density at radius 1 is 1.47 bits per heavy atom. The molecule has 1 heterocycles. The smallest absolute Gasteiger partial charge is 0.235 e. The monoisotopic (exact) mass is 238 g/mol. The quantitative estimate of drug-likeness (QED) is 0.841. The number of nitrogens with one attached hydrogen (secondary N) is 1. The summed E-state index contributed by atoms with van der Waals surface area (Å²) in [5.74, 6) is 1.44. The number of rotatable bonds is 4. The Bertz CT molecular complexity index is 402. The summed E-state index contributed by atoms with van der Waals surface area (Å²) >= 11 is 0. The highest BCUT2D eigenvalue weighted by Crippen LogP contribution is 2.20. The summed E-state index contributed by atoms with van der Waals surface area (Å²) in [6.45, 7) is 10.4. The molecule has 1 amide bonds. The third-order valence-electron chi connectivity index (χ3n) is 2.79. The van der Waals surface area contributed by atoms with Crippen LogP contribution in [0.2, 0.25) is 0 Å². The van der Waals surface area contributed by atoms with E-state index in [2.05, 4.69) is 5.32 Å². The van der Waals surface area contributed by atoms with Crippen molar-refractivity contribution in [1.29, 1.82) is 0 Å². The van der Waals surface area contributed by atoms with Gasteiger partial charge < -0.3 is 15.5 Å². The maximum Gasteiger partial charge on any atom is 0.235 e. The number of carbonyl (C=O) groups excluding carboxylic acids is 1. The molecule has 3 N–H and O–H groups in total. The van der Waals surface area contributed by atoms with Gasteiger partial charge in [-0.25, -0.2) is 0 Å². The van der Waals surface area contributed by atoms with Crippen LogP contribution in [0.25, 0.3) is 0 Å². The molecule has 0 spiro atoms. The average Bonchev–Trinajstić information content (AvgIpc) is 2.42. The van der Waals surface area contributed by atoms with Crippen molar-refractivity contribution in [2.75, 3.05) is 0 Å². The van der Waals surface area contributed by atoms with Crippen LogP contribution in [0.5, 0.6) is 0 Å². The molecular weight excluding hydrogens is 216 g/mol. The first-order valence-corrected chi connectivity index (χ1v) is 5.80. The fourth-order valence-corrected chi connectivity index (χ4v) is 1.90. The predicted octanol–water partition coefficient (Wildman–Crippen LogP) is 1.89. The van der Waals surface area contributed by atoms with Crippen LogP contribution in [0.1, 0.15) is 37.9 Å². The molecule has 1 aromatic rings. The van der Waals surface area contributed by atoms with Gasteiger partial charge in [-0.1, -0.05) is 20.8 Å². The van der Waals surface area contributed by atoms with E-state index < -0.39 is 0 Å². The Kier molecular flexibility index (Phi) is 3.98. The summed E-state index contributed by atoms with van der Waals surface area (Å²) in [6.07, 6.45) is 0. The van der Waals surface area contributed by atoms with E-state index >= 15 is 0 Å². The molecular formula is C13H22N2O2. The molecule has 1 atom stereocenters. The van der Waals surface area contributed by atoms with Gasteiger partial charge in [0.25, 0.3) is 0 Å². The Morgan fingerprint density at radius 2 is 2.06 bits per heavy atom. The average molecular weight is 238 g/mol. The minimum absolute atomic E-state index is 0.196. The molecule has 0 saturated carbocycles. The summed E-state index contributed by atoms with van der Waals surface area (Å²) in [4.78, 5) is 11.4. The highest BCUT2D eigenvalue weighted by atomic mass is 16.3. The van der Waals surface area contributed by atoms with Gasteiger partial charge in [-0.05, 0) is 25.3 Å². The molecule has 0 aliphatic carbocycles. The van der Waals surface area contributed by atoms with E-state index in [0.29, 0.717) is 6.54 Å². The molecule has 1 rings (SSSR count). The van der Waals surface area contributed by atoms with Crippen LogP contribution in [0.15, 0.2) is 10.5 Å². The number of amides is 1. The van der Waals surface area contributed by atoms with Crippen molar-refractivity contribution < 1.29 is 9.21 Å². The van der Waals surface area contributed by atoms with E-state index in [9.17, 15) is 4.79 Å². The molecule has 0 aromatic carbocycles. The second-order valence-corrected chi connectivity index (χ2v) is 5.52. The van der Waals surface area contributed by atoms with Crippen molar-refractivity contribution in [3.63, 3.8) is 0 Å². The predicted molar refractivity (Wildman–Crippen MR) is 67.5 cm³/mol. The molecule has 4 heteroatoms. The third-order valence-corrected chi connectivity index (χ3v) is 2.79. The SMILES string of the molecule is Cc1cc(CN[C@@H](C(N)=O)C(C)(C)C)c(C)o1. The normalized spacial score (nSPS) is 13.7. The lowest BCUT2D eigenvalue weighted by Gasteiger charge is -2.28. The lowest BCUT2D eigenvalue weighted by atomic mass is 9.86. The van der Waals surface area contributed by atoms with Gasteiger partial charge in [-0.15, -0.1) is 0 Å². The Morgan fingerprint density at radius 3 is 2.41 bits per heavy atom. The highest BCUT2D eigenvalue weighted by Gasteiger charge is 2.29. The van der Waals surface area contributed by atoms with Gasteiger partial charge >= 0.3 is 0 Å². The first-order valence-electron chi connectivity index (χ1n) is 5.80. The van der Waals surface area contributed by atoms with Crippen molar-refractivity contribution in [2.24, 2.45) is 11.1 Å². The molecule has 96 valence electrons. The fraction of sp³-hybridized carbons (Fsp3) is 0.615. The molecule has 17 heavy (non-hydrogen) atoms. The van der Waals surface area contributed by atoms with E-state index in [1.54, 1.807) is 0 Å². The van der Waals surface area contributed by atoms with Crippen LogP contribution in [0.4, 0.5) is 0 Å². The van der Waals surface area contributed by atoms with E-state index in [1.807, 2.05) is 40.7 Å². The zero-order chi connectivity index (χ0) is 13.2. The first-order chi connectivity index (χ1) is 7.71. The van der Waals surface area contributed by atoms with Crippen LogP contribution < -0.4 is 11.1 Å². The Balaban J connectivity index is 2.71. The van der Waals surface area contributed by atoms with Gasteiger partial charge in [0.05, 0.1) is 6.04 Å². The summed E-state index contributed by atoms with van der Waals surface area (Å²) in [5, 5.41) is 3.20. The summed E-state index contributed by atoms with van der Waals surface area (Å²) in [7, 11) is 0. The number of hydrogen-bond donors (Lipinski definition) is 2. The topological polar surface area (TPSA) is 68.3 Å². The lowest BCUT2D eigenvalue weighted by Crippen LogP contribution is -2.49. The van der Waals surface area contributed by atoms with Crippen molar-refractivity contribution in [3.8, 4) is 0 Å². The maximum absolute atomic E-state index is 11.4. The zero-order valence-electron chi connectivity index (χ0n) is 11.3. The number of furan rings is 1. The molecule has 0 aliphatic heterocycles. The summed E-state index contributed by atoms with van der Waals surface area (Å²) in [5.41, 5.74) is 6.28. The third kappa shape index (κ3) is 3.60. The van der Waals surface area contributed by atoms with Crippen molar-refractivity contribution in [3.05, 3.63) is 23.2 Å². The van der Waals surface area contributed by atoms with E-state index in [1.165, 1.54) is 0 Å². The molecule has 0 unspecified atom stereocenters. The summed E-state index contributed by atoms with van der Waals surface area (Å²) in [6, 6.07) is 1.63. The molecule has 0 radical (unpaired) electrons. The second kappa shape index (κ2) is 4.92. The van der Waals surface area contributed by atoms with Crippen molar-refractivity contribution in [1.82, 2.24) is 5.32 Å². The van der Waals surface area contributed by atoms with Crippen LogP contribution in [0.3, 0.4) is 0 Å². The molecule has 1 aromatic heterocycles. The number of carbonyl (C=O) groups is 1. The Labute approximate surface area is 103 Å². The van der Waals surface area contributed by atoms with Gasteiger partial charge in [-0.3, -0.25) is 4.79 Å². The molecule has 0 saturated heterocycles.